The van der Waals surface area contributed by atoms with Gasteiger partial charge >= 0.3 is 0 Å². The van der Waals surface area contributed by atoms with E-state index in [1.165, 1.54) is 0 Å². The molecule has 158 valence electrons. The van der Waals surface area contributed by atoms with Crippen LogP contribution in [0.2, 0.25) is 0 Å². The van der Waals surface area contributed by atoms with Crippen molar-refractivity contribution in [2.75, 3.05) is 20.8 Å². The predicted octanol–water partition coefficient (Wildman–Crippen LogP) is 2.29. The molecule has 0 fully saturated rings. The molecule has 2 N–H and O–H groups in total. The molecule has 0 spiro atoms. The van der Waals surface area contributed by atoms with Crippen LogP contribution in [0.4, 0.5) is 0 Å². The molecule has 29 heavy (non-hydrogen) atoms. The van der Waals surface area contributed by atoms with Gasteiger partial charge in [-0.25, -0.2) is 9.67 Å². The normalized spacial score (nSPS) is 15.8. The molecule has 3 rings (SSSR count). The Morgan fingerprint density at radius 1 is 1.41 bits per heavy atom. The Bertz CT molecular complexity index is 823. The summed E-state index contributed by atoms with van der Waals surface area (Å²) in [6.45, 7) is 5.99. The molecule has 0 radical (unpaired) electrons. The van der Waals surface area contributed by atoms with Gasteiger partial charge in [-0.2, -0.15) is 5.10 Å². The van der Waals surface area contributed by atoms with Gasteiger partial charge in [0.05, 0.1) is 6.54 Å². The molecule has 2 heterocycles. The number of methoxy groups -OCH3 is 1. The minimum atomic E-state index is 0. The average molecular weight is 512 g/mol. The maximum atomic E-state index is 5.72. The Hall–Kier alpha value is -2.14. The number of guanidine groups is 1. The number of hydrogen-bond acceptors (Lipinski definition) is 5. The smallest absolute Gasteiger partial charge is 0.191 e. The van der Waals surface area contributed by atoms with Crippen molar-refractivity contribution in [2.24, 2.45) is 4.99 Å². The maximum Gasteiger partial charge on any atom is 0.191 e. The Kier molecular flexibility index (Phi) is 9.39. The summed E-state index contributed by atoms with van der Waals surface area (Å²) in [5.74, 6) is 3.35. The Morgan fingerprint density at radius 2 is 2.24 bits per heavy atom. The highest BCUT2D eigenvalue weighted by molar-refractivity contribution is 14.0. The minimum Gasteiger partial charge on any atom is -0.489 e. The standard InChI is InChI=1S/C20H28N6O2.HI/c1-4-11-28-17-8-6-5-7-15(17)12-22-20(21-2)23-16-9-10-19-24-18(14-27-3)25-26(19)13-16;/h4-8,16H,1,9-14H2,2-3H3,(H2,21,22,23);1H. The van der Waals surface area contributed by atoms with Gasteiger partial charge in [-0.15, -0.1) is 24.0 Å². The molecule has 2 aromatic rings. The third-order valence-electron chi connectivity index (χ3n) is 4.52. The van der Waals surface area contributed by atoms with E-state index < -0.39 is 0 Å². The third-order valence-corrected chi connectivity index (χ3v) is 4.52. The van der Waals surface area contributed by atoms with Crippen LogP contribution < -0.4 is 15.4 Å². The number of para-hydroxylation sites is 1. The fourth-order valence-corrected chi connectivity index (χ4v) is 3.18. The molecule has 0 saturated heterocycles. The van der Waals surface area contributed by atoms with E-state index in [2.05, 4.69) is 32.3 Å². The van der Waals surface area contributed by atoms with Crippen molar-refractivity contribution in [3.63, 3.8) is 0 Å². The van der Waals surface area contributed by atoms with E-state index in [0.29, 0.717) is 19.8 Å². The number of aliphatic imine (C=N–C) groups is 1. The second-order valence-electron chi connectivity index (χ2n) is 6.57. The van der Waals surface area contributed by atoms with Crippen LogP contribution in [0, 0.1) is 0 Å². The third kappa shape index (κ3) is 6.43. The first-order valence-corrected chi connectivity index (χ1v) is 9.43. The molecule has 9 heteroatoms. The van der Waals surface area contributed by atoms with Gasteiger partial charge in [0.15, 0.2) is 11.8 Å². The summed E-state index contributed by atoms with van der Waals surface area (Å²) in [4.78, 5) is 8.87. The van der Waals surface area contributed by atoms with Gasteiger partial charge in [0.25, 0.3) is 0 Å². The van der Waals surface area contributed by atoms with Crippen LogP contribution >= 0.6 is 24.0 Å². The lowest BCUT2D eigenvalue weighted by Crippen LogP contribution is -2.46. The molecule has 1 aliphatic heterocycles. The van der Waals surface area contributed by atoms with Crippen LogP contribution in [0.3, 0.4) is 0 Å². The van der Waals surface area contributed by atoms with E-state index in [-0.39, 0.29) is 30.0 Å². The number of benzene rings is 1. The van der Waals surface area contributed by atoms with Gasteiger partial charge in [0, 0.05) is 38.7 Å². The molecule has 1 atom stereocenters. The fourth-order valence-electron chi connectivity index (χ4n) is 3.18. The van der Waals surface area contributed by atoms with Gasteiger partial charge in [-0.05, 0) is 12.5 Å². The van der Waals surface area contributed by atoms with Crippen LogP contribution in [-0.2, 0) is 30.9 Å². The van der Waals surface area contributed by atoms with Gasteiger partial charge in [-0.3, -0.25) is 4.99 Å². The molecule has 0 aliphatic carbocycles. The summed E-state index contributed by atoms with van der Waals surface area (Å²) >= 11 is 0. The first-order valence-electron chi connectivity index (χ1n) is 9.43. The van der Waals surface area contributed by atoms with Crippen LogP contribution in [0.15, 0.2) is 41.9 Å². The Balaban J connectivity index is 0.00000300. The first kappa shape index (κ1) is 23.1. The number of nitrogens with zero attached hydrogens (tertiary/aromatic N) is 4. The number of nitrogens with one attached hydrogen (secondary N) is 2. The lowest BCUT2D eigenvalue weighted by atomic mass is 10.1. The van der Waals surface area contributed by atoms with Crippen molar-refractivity contribution in [2.45, 2.75) is 38.6 Å². The van der Waals surface area contributed by atoms with Crippen molar-refractivity contribution in [1.82, 2.24) is 25.4 Å². The summed E-state index contributed by atoms with van der Waals surface area (Å²) in [6.07, 6.45) is 3.60. The van der Waals surface area contributed by atoms with E-state index >= 15 is 0 Å². The molecular formula is C20H29IN6O2. The zero-order valence-corrected chi connectivity index (χ0v) is 19.3. The van der Waals surface area contributed by atoms with E-state index in [1.54, 1.807) is 20.2 Å². The highest BCUT2D eigenvalue weighted by Gasteiger charge is 2.22. The van der Waals surface area contributed by atoms with Crippen molar-refractivity contribution in [3.05, 3.63) is 54.1 Å². The number of fused-ring (bicyclic) bond motifs is 1. The van der Waals surface area contributed by atoms with Crippen LogP contribution in [-0.4, -0.2) is 47.5 Å². The average Bonchev–Trinajstić information content (AvgIpc) is 3.12. The molecule has 1 aromatic carbocycles. The lowest BCUT2D eigenvalue weighted by molar-refractivity contribution is 0.177. The fraction of sp³-hybridized carbons (Fsp3) is 0.450. The Labute approximate surface area is 188 Å². The highest BCUT2D eigenvalue weighted by atomic mass is 127. The molecule has 8 nitrogen and oxygen atoms in total. The molecule has 1 aliphatic rings. The molecule has 1 unspecified atom stereocenters. The van der Waals surface area contributed by atoms with Crippen molar-refractivity contribution < 1.29 is 9.47 Å². The van der Waals surface area contributed by atoms with Crippen LogP contribution in [0.1, 0.15) is 23.6 Å². The van der Waals surface area contributed by atoms with E-state index in [1.807, 2.05) is 28.9 Å². The molecule has 0 saturated carbocycles. The number of aromatic nitrogens is 3. The summed E-state index contributed by atoms with van der Waals surface area (Å²) in [6, 6.07) is 8.20. The maximum absolute atomic E-state index is 5.72. The van der Waals surface area contributed by atoms with Crippen LogP contribution in [0.5, 0.6) is 5.75 Å². The van der Waals surface area contributed by atoms with Gasteiger partial charge in [0.2, 0.25) is 0 Å². The number of rotatable bonds is 8. The lowest BCUT2D eigenvalue weighted by Gasteiger charge is -2.25. The molecule has 0 amide bonds. The molecular weight excluding hydrogens is 483 g/mol. The molecule has 0 bridgehead atoms. The highest BCUT2D eigenvalue weighted by Crippen LogP contribution is 2.18. The van der Waals surface area contributed by atoms with E-state index in [0.717, 1.165) is 48.3 Å². The SMILES string of the molecule is C=CCOc1ccccc1CNC(=NC)NC1CCc2nc(COC)nn2C1.I. The van der Waals surface area contributed by atoms with Gasteiger partial charge in [-0.1, -0.05) is 30.9 Å². The number of hydrogen-bond donors (Lipinski definition) is 2. The molecule has 1 aromatic heterocycles. The van der Waals surface area contributed by atoms with Crippen molar-refractivity contribution in [1.29, 1.82) is 0 Å². The minimum absolute atomic E-state index is 0. The Morgan fingerprint density at radius 3 is 3.00 bits per heavy atom. The van der Waals surface area contributed by atoms with Crippen molar-refractivity contribution >= 4 is 29.9 Å². The zero-order valence-electron chi connectivity index (χ0n) is 16.9. The monoisotopic (exact) mass is 512 g/mol. The predicted molar refractivity (Wildman–Crippen MR) is 124 cm³/mol. The second-order valence-corrected chi connectivity index (χ2v) is 6.57. The largest absolute Gasteiger partial charge is 0.489 e. The summed E-state index contributed by atoms with van der Waals surface area (Å²) < 4.78 is 12.8. The second kappa shape index (κ2) is 11.8. The zero-order chi connectivity index (χ0) is 19.8. The number of ether oxygens (including phenoxy) is 2. The summed E-state index contributed by atoms with van der Waals surface area (Å²) in [5.41, 5.74) is 1.07. The topological polar surface area (TPSA) is 85.6 Å². The number of halogens is 1. The van der Waals surface area contributed by atoms with Gasteiger partial charge < -0.3 is 20.1 Å². The van der Waals surface area contributed by atoms with E-state index in [4.69, 9.17) is 9.47 Å². The first-order chi connectivity index (χ1) is 13.7. The van der Waals surface area contributed by atoms with E-state index in [9.17, 15) is 0 Å². The summed E-state index contributed by atoms with van der Waals surface area (Å²) in [5, 5.41) is 11.4. The van der Waals surface area contributed by atoms with Gasteiger partial charge in [0.1, 0.15) is 24.8 Å². The van der Waals surface area contributed by atoms with Crippen molar-refractivity contribution in [3.8, 4) is 5.75 Å². The van der Waals surface area contributed by atoms with Crippen LogP contribution in [0.25, 0.3) is 0 Å². The quantitative estimate of drug-likeness (QED) is 0.245. The summed E-state index contributed by atoms with van der Waals surface area (Å²) in [7, 11) is 3.43. The number of aryl methyl sites for hydroxylation is 1.